The van der Waals surface area contributed by atoms with Gasteiger partial charge < -0.3 is 65.2 Å². The summed E-state index contributed by atoms with van der Waals surface area (Å²) in [5, 5.41) is 63.6. The van der Waals surface area contributed by atoms with Crippen LogP contribution in [0.25, 0.3) is 10.9 Å². The summed E-state index contributed by atoms with van der Waals surface area (Å²) in [5.74, 6) is -17.9. The van der Waals surface area contributed by atoms with Gasteiger partial charge in [-0.2, -0.15) is 5.26 Å². The molecule has 5 amide bonds. The minimum atomic E-state index is -3.21. The van der Waals surface area contributed by atoms with Gasteiger partial charge in [0.1, 0.15) is 42.6 Å². The van der Waals surface area contributed by atoms with Crippen molar-refractivity contribution in [3.8, 4) is 11.8 Å². The molecule has 2 aliphatic rings. The SMILES string of the molecule is C[C@H](CC(C(=O)O)C(=O)O)NC(=O)Cn1ccnc1CN(CC(=O)N1CCN(CCCOc2ccc3nccc(C(=O)NCC(=O)N4CC(F)(F)C[C@H]4C#N)c3c2)CC1)Cc1nccn1CC(=O)N[C@@H](CC(C(=O)O)C(=O)O)C(=O)O. The molecule has 0 radical (unpaired) electrons. The van der Waals surface area contributed by atoms with E-state index in [0.717, 1.165) is 4.90 Å². The summed E-state index contributed by atoms with van der Waals surface area (Å²) in [7, 11) is 0. The molecule has 2 fully saturated rings. The third-order valence-corrected chi connectivity index (χ3v) is 13.3. The number of benzene rings is 1. The number of carboxylic acid groups (broad SMARTS) is 5. The number of carbonyl (C=O) groups excluding carboxylic acids is 5. The zero-order valence-electron chi connectivity index (χ0n) is 43.6. The Bertz CT molecular complexity index is 3020. The fourth-order valence-corrected chi connectivity index (χ4v) is 9.14. The Hall–Kier alpha value is -9.18. The van der Waals surface area contributed by atoms with Gasteiger partial charge in [0.2, 0.25) is 23.6 Å². The normalized spacial score (nSPS) is 15.9. The van der Waals surface area contributed by atoms with E-state index in [4.69, 9.17) is 4.74 Å². The van der Waals surface area contributed by atoms with Gasteiger partial charge in [0, 0.05) is 88.0 Å². The first-order valence-corrected chi connectivity index (χ1v) is 25.2. The smallest absolute Gasteiger partial charge is 0.326 e. The Kier molecular flexibility index (Phi) is 20.8. The second-order valence-electron chi connectivity index (χ2n) is 19.3. The minimum Gasteiger partial charge on any atom is -0.494 e. The molecule has 8 N–H and O–H groups in total. The predicted molar refractivity (Wildman–Crippen MR) is 270 cm³/mol. The van der Waals surface area contributed by atoms with Gasteiger partial charge in [-0.25, -0.2) is 23.5 Å². The quantitative estimate of drug-likeness (QED) is 0.0243. The number of aromatic nitrogens is 5. The summed E-state index contributed by atoms with van der Waals surface area (Å²) in [5.41, 5.74) is 0.603. The maximum absolute atomic E-state index is 14.1. The van der Waals surface area contributed by atoms with Gasteiger partial charge in [-0.05, 0) is 44.0 Å². The molecule has 0 bridgehead atoms. The number of piperazine rings is 1. The number of alkyl halides is 2. The third kappa shape index (κ3) is 17.2. The Morgan fingerprint density at radius 1 is 0.778 bits per heavy atom. The number of carboxylic acids is 5. The van der Waals surface area contributed by atoms with Crippen LogP contribution in [0.1, 0.15) is 54.6 Å². The maximum Gasteiger partial charge on any atom is 0.326 e. The lowest BCUT2D eigenvalue weighted by atomic mass is 10.00. The van der Waals surface area contributed by atoms with E-state index in [-0.39, 0.29) is 55.9 Å². The highest BCUT2D eigenvalue weighted by molar-refractivity contribution is 6.07. The van der Waals surface area contributed by atoms with Gasteiger partial charge >= 0.3 is 29.8 Å². The van der Waals surface area contributed by atoms with Crippen LogP contribution in [0.15, 0.2) is 55.2 Å². The minimum absolute atomic E-state index is 0.0913. The molecular formula is C50H59F2N13O16. The van der Waals surface area contributed by atoms with Gasteiger partial charge in [0.15, 0.2) is 11.8 Å². The largest absolute Gasteiger partial charge is 0.494 e. The average Bonchev–Trinajstić information content (AvgIpc) is 4.14. The number of halogens is 2. The van der Waals surface area contributed by atoms with Crippen LogP contribution < -0.4 is 20.7 Å². The number of nitrogens with one attached hydrogen (secondary N) is 3. The molecule has 4 aromatic rings. The second kappa shape index (κ2) is 27.6. The van der Waals surface area contributed by atoms with Crippen LogP contribution in [-0.4, -0.2) is 212 Å². The molecule has 81 heavy (non-hydrogen) atoms. The first kappa shape index (κ1) is 61.0. The molecule has 5 heterocycles. The predicted octanol–water partition coefficient (Wildman–Crippen LogP) is -0.842. The number of ether oxygens (including phenoxy) is 1. The molecule has 3 aromatic heterocycles. The molecule has 2 saturated heterocycles. The number of imidazole rings is 2. The van der Waals surface area contributed by atoms with Crippen molar-refractivity contribution in [2.45, 2.75) is 82.8 Å². The van der Waals surface area contributed by atoms with Crippen LogP contribution in [0.5, 0.6) is 5.75 Å². The third-order valence-electron chi connectivity index (χ3n) is 13.3. The topological polar surface area (TPSA) is 402 Å². The second-order valence-corrected chi connectivity index (χ2v) is 19.3. The van der Waals surface area contributed by atoms with Gasteiger partial charge in [-0.15, -0.1) is 0 Å². The average molecular weight is 1140 g/mol. The number of rotatable bonds is 29. The number of nitrogens with zero attached hydrogens (tertiary/aromatic N) is 10. The molecule has 2 aliphatic heterocycles. The number of pyridine rings is 1. The summed E-state index contributed by atoms with van der Waals surface area (Å²) in [6, 6.07) is 4.03. The lowest BCUT2D eigenvalue weighted by molar-refractivity contribution is -0.157. The molecular weight excluding hydrogens is 1080 g/mol. The van der Waals surface area contributed by atoms with Crippen LogP contribution in [0.4, 0.5) is 8.78 Å². The number of aliphatic carboxylic acids is 5. The van der Waals surface area contributed by atoms with E-state index in [0.29, 0.717) is 55.8 Å². The highest BCUT2D eigenvalue weighted by atomic mass is 19.3. The van der Waals surface area contributed by atoms with Gasteiger partial charge in [0.05, 0.1) is 56.5 Å². The van der Waals surface area contributed by atoms with E-state index < -0.39 is 128 Å². The van der Waals surface area contributed by atoms with Crippen LogP contribution in [0.3, 0.4) is 0 Å². The van der Waals surface area contributed by atoms with E-state index in [1.54, 1.807) is 34.1 Å². The van der Waals surface area contributed by atoms with Gasteiger partial charge in [-0.1, -0.05) is 0 Å². The zero-order valence-corrected chi connectivity index (χ0v) is 43.6. The zero-order chi connectivity index (χ0) is 59.1. The highest BCUT2D eigenvalue weighted by Gasteiger charge is 2.47. The number of likely N-dealkylation sites (tertiary alicyclic amines) is 1. The van der Waals surface area contributed by atoms with Crippen molar-refractivity contribution in [1.29, 1.82) is 5.26 Å². The number of fused-ring (bicyclic) bond motifs is 1. The standard InChI is InChI=1S/C50H59F2N13O16/c1-29(17-34(45(71)72)46(73)74)58-40(66)25-63-10-7-55-38(63)23-61(24-39-56-8-11-64(39)26-41(67)59-37(49(79)80)19-35(47(75)76)48(77)78)27-43(69)62-14-12-60(13-15-62)9-2-16-81-31-3-4-36-33(18-31)32(5-6-54-36)44(70)57-22-42(68)65-28-50(51,52)20-30(65)21-53/h3-8,10-11,18,29-30,34-35,37H,2,9,12-17,19-20,22-28H2,1H3,(H,57,70)(H,58,66)(H,59,67)(H,71,72)(H,73,74)(H,75,76)(H,77,78)(H,79,80)/t29-,30+,37+/m1/s1. The Labute approximate surface area is 459 Å². The van der Waals surface area contributed by atoms with Crippen molar-refractivity contribution in [3.05, 3.63) is 72.5 Å². The highest BCUT2D eigenvalue weighted by Crippen LogP contribution is 2.32. The van der Waals surface area contributed by atoms with Crippen molar-refractivity contribution >= 4 is 70.3 Å². The first-order chi connectivity index (χ1) is 38.4. The summed E-state index contributed by atoms with van der Waals surface area (Å²) in [4.78, 5) is 143. The number of hydrogen-bond acceptors (Lipinski definition) is 17. The van der Waals surface area contributed by atoms with Crippen LogP contribution in [0, 0.1) is 23.2 Å². The molecule has 0 unspecified atom stereocenters. The molecule has 0 aliphatic carbocycles. The molecule has 0 saturated carbocycles. The van der Waals surface area contributed by atoms with Crippen molar-refractivity contribution in [2.75, 3.05) is 59.0 Å². The van der Waals surface area contributed by atoms with E-state index in [9.17, 15) is 87.5 Å². The Morgan fingerprint density at radius 2 is 1.37 bits per heavy atom. The lowest BCUT2D eigenvalue weighted by Gasteiger charge is -2.35. The maximum atomic E-state index is 14.1. The van der Waals surface area contributed by atoms with Crippen molar-refractivity contribution < 1.29 is 87.0 Å². The Morgan fingerprint density at radius 3 is 1.95 bits per heavy atom. The monoisotopic (exact) mass is 1140 g/mol. The number of carbonyl (C=O) groups is 10. The first-order valence-electron chi connectivity index (χ1n) is 25.2. The molecule has 1 aromatic carbocycles. The van der Waals surface area contributed by atoms with Crippen molar-refractivity contribution in [1.82, 2.24) is 59.6 Å². The fourth-order valence-electron chi connectivity index (χ4n) is 9.14. The van der Waals surface area contributed by atoms with Crippen molar-refractivity contribution in [2.24, 2.45) is 11.8 Å². The van der Waals surface area contributed by atoms with Crippen LogP contribution in [0.2, 0.25) is 0 Å². The fraction of sp³-hybridized carbons (Fsp3) is 0.480. The van der Waals surface area contributed by atoms with Gasteiger partial charge in [0.25, 0.3) is 11.8 Å². The van der Waals surface area contributed by atoms with E-state index >= 15 is 0 Å². The lowest BCUT2D eigenvalue weighted by Crippen LogP contribution is -2.51. The molecule has 3 atom stereocenters. The molecule has 434 valence electrons. The molecule has 6 rings (SSSR count). The summed E-state index contributed by atoms with van der Waals surface area (Å²) in [6.45, 7) is 1.04. The summed E-state index contributed by atoms with van der Waals surface area (Å²) < 4.78 is 36.6. The van der Waals surface area contributed by atoms with E-state index in [2.05, 4.69) is 35.8 Å². The molecule has 29 nitrogen and oxygen atoms in total. The summed E-state index contributed by atoms with van der Waals surface area (Å²) >= 11 is 0. The number of nitriles is 1. The Balaban J connectivity index is 1.05. The van der Waals surface area contributed by atoms with Gasteiger partial charge in [-0.3, -0.25) is 57.9 Å². The summed E-state index contributed by atoms with van der Waals surface area (Å²) in [6.07, 6.45) is 5.43. The number of amides is 5. The van der Waals surface area contributed by atoms with Crippen LogP contribution >= 0.6 is 0 Å². The molecule has 0 spiro atoms. The van der Waals surface area contributed by atoms with Crippen molar-refractivity contribution in [3.63, 3.8) is 0 Å². The number of hydrogen-bond donors (Lipinski definition) is 8. The van der Waals surface area contributed by atoms with E-state index in [1.807, 2.05) is 0 Å². The van der Waals surface area contributed by atoms with E-state index in [1.165, 1.54) is 53.1 Å². The van der Waals surface area contributed by atoms with Crippen LogP contribution in [-0.2, 0) is 69.3 Å². The molecule has 31 heteroatoms.